The van der Waals surface area contributed by atoms with Crippen LogP contribution >= 0.6 is 11.6 Å². The Hall–Kier alpha value is -2.24. The average Bonchev–Trinajstić information content (AvgIpc) is 2.68. The molecule has 4 rings (SSSR count). The summed E-state index contributed by atoms with van der Waals surface area (Å²) >= 11 is 6.03. The predicted molar refractivity (Wildman–Crippen MR) is 97.7 cm³/mol. The SMILES string of the molecule is COc1ccccc1C(=O)N1CCC2(CC1)OCc1cc(Cl)ccc1O2. The van der Waals surface area contributed by atoms with Gasteiger partial charge in [0.15, 0.2) is 0 Å². The topological polar surface area (TPSA) is 48.0 Å². The van der Waals surface area contributed by atoms with Gasteiger partial charge in [0.05, 0.1) is 19.3 Å². The van der Waals surface area contributed by atoms with Gasteiger partial charge in [-0.15, -0.1) is 0 Å². The Labute approximate surface area is 157 Å². The van der Waals surface area contributed by atoms with Crippen molar-refractivity contribution < 1.29 is 19.0 Å². The van der Waals surface area contributed by atoms with Gasteiger partial charge < -0.3 is 19.1 Å². The van der Waals surface area contributed by atoms with Crippen LogP contribution in [0.15, 0.2) is 42.5 Å². The summed E-state index contributed by atoms with van der Waals surface area (Å²) < 4.78 is 17.5. The zero-order chi connectivity index (χ0) is 18.1. The number of methoxy groups -OCH3 is 1. The summed E-state index contributed by atoms with van der Waals surface area (Å²) in [6.45, 7) is 1.61. The second-order valence-electron chi connectivity index (χ2n) is 6.55. The second kappa shape index (κ2) is 6.82. The molecule has 0 N–H and O–H groups in total. The molecule has 1 saturated heterocycles. The largest absolute Gasteiger partial charge is 0.496 e. The maximum Gasteiger partial charge on any atom is 0.257 e. The van der Waals surface area contributed by atoms with E-state index >= 15 is 0 Å². The maximum absolute atomic E-state index is 12.8. The number of fused-ring (bicyclic) bond motifs is 1. The lowest BCUT2D eigenvalue weighted by molar-refractivity contribution is -0.225. The van der Waals surface area contributed by atoms with Crippen LogP contribution in [0.4, 0.5) is 0 Å². The van der Waals surface area contributed by atoms with Crippen LogP contribution in [-0.2, 0) is 11.3 Å². The number of nitrogens with zero attached hydrogens (tertiary/aromatic N) is 1. The van der Waals surface area contributed by atoms with E-state index in [1.54, 1.807) is 19.2 Å². The van der Waals surface area contributed by atoms with Gasteiger partial charge >= 0.3 is 0 Å². The Balaban J connectivity index is 1.46. The van der Waals surface area contributed by atoms with E-state index in [0.29, 0.717) is 48.9 Å². The van der Waals surface area contributed by atoms with Gasteiger partial charge in [-0.05, 0) is 30.3 Å². The second-order valence-corrected chi connectivity index (χ2v) is 6.98. The van der Waals surface area contributed by atoms with Gasteiger partial charge in [0, 0.05) is 36.5 Å². The monoisotopic (exact) mass is 373 g/mol. The molecular formula is C20H20ClNO4. The van der Waals surface area contributed by atoms with Crippen LogP contribution in [0.1, 0.15) is 28.8 Å². The van der Waals surface area contributed by atoms with Gasteiger partial charge in [0.25, 0.3) is 5.91 Å². The lowest BCUT2D eigenvalue weighted by atomic mass is 10.0. The fourth-order valence-corrected chi connectivity index (χ4v) is 3.68. The van der Waals surface area contributed by atoms with E-state index < -0.39 is 5.79 Å². The number of rotatable bonds is 2. The minimum atomic E-state index is -0.668. The smallest absolute Gasteiger partial charge is 0.257 e. The minimum Gasteiger partial charge on any atom is -0.496 e. The van der Waals surface area contributed by atoms with E-state index in [4.69, 9.17) is 25.8 Å². The molecule has 136 valence electrons. The molecule has 0 bridgehead atoms. The number of halogens is 1. The Kier molecular flexibility index (Phi) is 4.51. The number of piperidine rings is 1. The minimum absolute atomic E-state index is 0.0275. The highest BCUT2D eigenvalue weighted by molar-refractivity contribution is 6.30. The Morgan fingerprint density at radius 1 is 1.19 bits per heavy atom. The molecule has 2 aromatic rings. The van der Waals surface area contributed by atoms with Gasteiger partial charge in [-0.25, -0.2) is 0 Å². The molecule has 0 aromatic heterocycles. The lowest BCUT2D eigenvalue weighted by Gasteiger charge is -2.44. The number of likely N-dealkylation sites (tertiary alicyclic amines) is 1. The highest BCUT2D eigenvalue weighted by Crippen LogP contribution is 2.38. The number of amides is 1. The molecule has 0 radical (unpaired) electrons. The Morgan fingerprint density at radius 2 is 1.96 bits per heavy atom. The lowest BCUT2D eigenvalue weighted by Crippen LogP contribution is -2.52. The van der Waals surface area contributed by atoms with E-state index in [2.05, 4.69) is 0 Å². The molecule has 2 aromatic carbocycles. The van der Waals surface area contributed by atoms with Crippen LogP contribution in [0.3, 0.4) is 0 Å². The first-order chi connectivity index (χ1) is 12.6. The van der Waals surface area contributed by atoms with Crippen LogP contribution in [0, 0.1) is 0 Å². The number of hydrogen-bond donors (Lipinski definition) is 0. The number of para-hydroxylation sites is 1. The fraction of sp³-hybridized carbons (Fsp3) is 0.350. The van der Waals surface area contributed by atoms with Crippen molar-refractivity contribution in [1.82, 2.24) is 4.90 Å². The van der Waals surface area contributed by atoms with E-state index in [0.717, 1.165) is 11.3 Å². The predicted octanol–water partition coefficient (Wildman–Crippen LogP) is 3.89. The number of ether oxygens (including phenoxy) is 3. The number of carbonyl (C=O) groups is 1. The summed E-state index contributed by atoms with van der Waals surface area (Å²) in [5, 5.41) is 0.670. The first-order valence-electron chi connectivity index (χ1n) is 8.64. The van der Waals surface area contributed by atoms with Crippen molar-refractivity contribution in [3.05, 3.63) is 58.6 Å². The zero-order valence-corrected chi connectivity index (χ0v) is 15.3. The fourth-order valence-electron chi connectivity index (χ4n) is 3.49. The van der Waals surface area contributed by atoms with Gasteiger partial charge in [0.2, 0.25) is 5.79 Å². The molecule has 1 spiro atoms. The molecular weight excluding hydrogens is 354 g/mol. The van der Waals surface area contributed by atoms with E-state index in [1.165, 1.54) is 0 Å². The summed E-state index contributed by atoms with van der Waals surface area (Å²) in [6.07, 6.45) is 1.24. The highest BCUT2D eigenvalue weighted by Gasteiger charge is 2.42. The van der Waals surface area contributed by atoms with Crippen LogP contribution in [0.5, 0.6) is 11.5 Å². The molecule has 0 aliphatic carbocycles. The molecule has 0 saturated carbocycles. The summed E-state index contributed by atoms with van der Waals surface area (Å²) in [4.78, 5) is 14.7. The molecule has 2 aliphatic heterocycles. The molecule has 6 heteroatoms. The third-order valence-corrected chi connectivity index (χ3v) is 5.19. The van der Waals surface area contributed by atoms with Gasteiger partial charge in [-0.3, -0.25) is 4.79 Å². The van der Waals surface area contributed by atoms with Crippen molar-refractivity contribution in [1.29, 1.82) is 0 Å². The van der Waals surface area contributed by atoms with Crippen molar-refractivity contribution in [2.45, 2.75) is 25.2 Å². The van der Waals surface area contributed by atoms with Crippen molar-refractivity contribution >= 4 is 17.5 Å². The first-order valence-corrected chi connectivity index (χ1v) is 9.02. The van der Waals surface area contributed by atoms with Crippen LogP contribution in [-0.4, -0.2) is 36.8 Å². The van der Waals surface area contributed by atoms with Crippen molar-refractivity contribution in [3.63, 3.8) is 0 Å². The van der Waals surface area contributed by atoms with Crippen LogP contribution < -0.4 is 9.47 Å². The Morgan fingerprint density at radius 3 is 2.73 bits per heavy atom. The third-order valence-electron chi connectivity index (χ3n) is 4.96. The number of hydrogen-bond acceptors (Lipinski definition) is 4. The quantitative estimate of drug-likeness (QED) is 0.801. The zero-order valence-electron chi connectivity index (χ0n) is 14.5. The number of benzene rings is 2. The number of carbonyl (C=O) groups excluding carboxylic acids is 1. The van der Waals surface area contributed by atoms with Gasteiger partial charge in [0.1, 0.15) is 11.5 Å². The maximum atomic E-state index is 12.8. The standard InChI is InChI=1S/C20H20ClNO4/c1-24-18-5-3-2-4-16(18)19(23)22-10-8-20(9-11-22)25-13-14-12-15(21)6-7-17(14)26-20/h2-7,12H,8-11,13H2,1H3. The van der Waals surface area contributed by atoms with E-state index in [1.807, 2.05) is 35.2 Å². The van der Waals surface area contributed by atoms with Crippen molar-refractivity contribution in [2.24, 2.45) is 0 Å². The highest BCUT2D eigenvalue weighted by atomic mass is 35.5. The van der Waals surface area contributed by atoms with E-state index in [9.17, 15) is 4.79 Å². The molecule has 1 fully saturated rings. The summed E-state index contributed by atoms with van der Waals surface area (Å²) in [6, 6.07) is 12.9. The van der Waals surface area contributed by atoms with E-state index in [-0.39, 0.29) is 5.91 Å². The summed E-state index contributed by atoms with van der Waals surface area (Å²) in [7, 11) is 1.57. The average molecular weight is 374 g/mol. The molecule has 0 unspecified atom stereocenters. The Bertz CT molecular complexity index is 830. The molecule has 5 nitrogen and oxygen atoms in total. The molecule has 26 heavy (non-hydrogen) atoms. The van der Waals surface area contributed by atoms with Crippen molar-refractivity contribution in [3.8, 4) is 11.5 Å². The van der Waals surface area contributed by atoms with Gasteiger partial charge in [-0.2, -0.15) is 0 Å². The van der Waals surface area contributed by atoms with Crippen LogP contribution in [0.2, 0.25) is 5.02 Å². The molecule has 1 amide bonds. The molecule has 0 atom stereocenters. The first kappa shape index (κ1) is 17.2. The summed E-state index contributed by atoms with van der Waals surface area (Å²) in [5.41, 5.74) is 1.53. The summed E-state index contributed by atoms with van der Waals surface area (Å²) in [5.74, 6) is 0.706. The van der Waals surface area contributed by atoms with Crippen LogP contribution in [0.25, 0.3) is 0 Å². The molecule has 2 heterocycles. The normalized spacial score (nSPS) is 18.2. The van der Waals surface area contributed by atoms with Gasteiger partial charge in [-0.1, -0.05) is 23.7 Å². The molecule has 2 aliphatic rings. The van der Waals surface area contributed by atoms with Crippen molar-refractivity contribution in [2.75, 3.05) is 20.2 Å². The third kappa shape index (κ3) is 3.13.